The van der Waals surface area contributed by atoms with Gasteiger partial charge in [0.15, 0.2) is 34.7 Å². The van der Waals surface area contributed by atoms with Crippen LogP contribution in [0.1, 0.15) is 54.2 Å². The van der Waals surface area contributed by atoms with E-state index in [1.54, 1.807) is 20.2 Å². The van der Waals surface area contributed by atoms with Gasteiger partial charge in [-0.15, -0.1) is 0 Å². The second kappa shape index (κ2) is 11.1. The first kappa shape index (κ1) is 32.3. The van der Waals surface area contributed by atoms with E-state index in [2.05, 4.69) is 38.2 Å². The van der Waals surface area contributed by atoms with Crippen molar-refractivity contribution in [1.29, 1.82) is 0 Å². The summed E-state index contributed by atoms with van der Waals surface area (Å²) in [6.07, 6.45) is 0.198. The molecule has 5 rings (SSSR count). The van der Waals surface area contributed by atoms with Crippen LogP contribution in [0.3, 0.4) is 0 Å². The largest absolute Gasteiger partial charge is 0.505 e. The number of anilines is 2. The van der Waals surface area contributed by atoms with E-state index in [4.69, 9.17) is 5.73 Å². The third-order valence-corrected chi connectivity index (χ3v) is 9.82. The molecule has 2 aromatic rings. The molecule has 3 aliphatic rings. The lowest BCUT2D eigenvalue weighted by molar-refractivity contribution is -0.181. The first-order valence-corrected chi connectivity index (χ1v) is 15.1. The lowest BCUT2D eigenvalue weighted by Crippen LogP contribution is -2.74. The molecule has 1 amide bonds. The number of amides is 1. The predicted octanol–water partition coefficient (Wildman–Crippen LogP) is 1.84. The summed E-state index contributed by atoms with van der Waals surface area (Å²) < 4.78 is 0. The molecule has 0 aliphatic heterocycles. The highest BCUT2D eigenvalue weighted by Crippen LogP contribution is 2.52. The third kappa shape index (κ3) is 5.02. The molecule has 2 saturated carbocycles. The number of Topliss-reactive ketones (excluding diaryl/α,β-unsaturated/α-hetero) is 4. The number of nitrogens with zero attached hydrogens (tertiary/aromatic N) is 2. The lowest BCUT2D eigenvalue weighted by Gasteiger charge is -2.52. The SMILES string of the molecule is CN(C)c1cc(NCc2ccc(C(C)(C)C)cc2)c(O)c2c1CC1CC3C(N(C)C)C(=O)C(C(N)=O)C(=O)C3(O)C(=O)C1C2=O. The van der Waals surface area contributed by atoms with Crippen molar-refractivity contribution in [1.82, 2.24) is 4.90 Å². The number of rotatable bonds is 6. The number of likely N-dealkylation sites (N-methyl/N-ethyl adjacent to an activating group) is 1. The highest BCUT2D eigenvalue weighted by atomic mass is 16.3. The molecule has 6 unspecified atom stereocenters. The first-order valence-electron chi connectivity index (χ1n) is 15.1. The number of primary amides is 1. The maximum absolute atomic E-state index is 14.2. The van der Waals surface area contributed by atoms with Crippen LogP contribution in [0, 0.1) is 23.7 Å². The Morgan fingerprint density at radius 3 is 2.20 bits per heavy atom. The van der Waals surface area contributed by atoms with Crippen molar-refractivity contribution >= 4 is 40.4 Å². The Balaban J connectivity index is 1.55. The number of carbonyl (C=O) groups excluding carboxylic acids is 5. The van der Waals surface area contributed by atoms with Crippen LogP contribution in [0.25, 0.3) is 0 Å². The predicted molar refractivity (Wildman–Crippen MR) is 168 cm³/mol. The van der Waals surface area contributed by atoms with Gasteiger partial charge in [0.2, 0.25) is 5.91 Å². The zero-order chi connectivity index (χ0) is 33.3. The van der Waals surface area contributed by atoms with Crippen LogP contribution in [0.2, 0.25) is 0 Å². The number of benzene rings is 2. The molecule has 11 heteroatoms. The van der Waals surface area contributed by atoms with Crippen LogP contribution in [-0.2, 0) is 37.6 Å². The quantitative estimate of drug-likeness (QED) is 0.277. The summed E-state index contributed by atoms with van der Waals surface area (Å²) in [5.41, 5.74) is 6.25. The van der Waals surface area contributed by atoms with E-state index in [1.165, 1.54) is 10.5 Å². The van der Waals surface area contributed by atoms with E-state index in [0.717, 1.165) is 5.56 Å². The van der Waals surface area contributed by atoms with Gasteiger partial charge in [0.1, 0.15) is 5.75 Å². The van der Waals surface area contributed by atoms with E-state index in [0.29, 0.717) is 23.5 Å². The highest BCUT2D eigenvalue weighted by Gasteiger charge is 2.69. The van der Waals surface area contributed by atoms with E-state index in [-0.39, 0.29) is 29.6 Å². The fourth-order valence-corrected chi connectivity index (χ4v) is 7.51. The smallest absolute Gasteiger partial charge is 0.235 e. The molecule has 0 saturated heterocycles. The molecule has 0 aromatic heterocycles. The second-order valence-corrected chi connectivity index (χ2v) is 14.1. The molecular formula is C34H42N4O7. The van der Waals surface area contributed by atoms with Crippen molar-refractivity contribution in [3.05, 3.63) is 52.6 Å². The Morgan fingerprint density at radius 1 is 1.04 bits per heavy atom. The van der Waals surface area contributed by atoms with Crippen LogP contribution >= 0.6 is 0 Å². The number of hydrogen-bond acceptors (Lipinski definition) is 10. The zero-order valence-electron chi connectivity index (χ0n) is 26.8. The number of hydrogen-bond donors (Lipinski definition) is 4. The maximum atomic E-state index is 14.2. The minimum absolute atomic E-state index is 0.00207. The molecule has 0 radical (unpaired) electrons. The normalized spacial score (nSPS) is 28.0. The Kier molecular flexibility index (Phi) is 7.94. The lowest BCUT2D eigenvalue weighted by atomic mass is 9.52. The molecule has 2 fully saturated rings. The number of phenols is 1. The van der Waals surface area contributed by atoms with E-state index < -0.39 is 64.4 Å². The molecule has 2 aromatic carbocycles. The molecule has 5 N–H and O–H groups in total. The first-order chi connectivity index (χ1) is 20.9. The fourth-order valence-electron chi connectivity index (χ4n) is 7.51. The van der Waals surface area contributed by atoms with Gasteiger partial charge >= 0.3 is 0 Å². The van der Waals surface area contributed by atoms with Gasteiger partial charge in [-0.3, -0.25) is 28.9 Å². The number of aliphatic hydroxyl groups is 1. The summed E-state index contributed by atoms with van der Waals surface area (Å²) in [5, 5.41) is 26.5. The summed E-state index contributed by atoms with van der Waals surface area (Å²) in [6.45, 7) is 6.75. The topological polar surface area (TPSA) is 170 Å². The molecule has 11 nitrogen and oxygen atoms in total. The average Bonchev–Trinajstić information content (AvgIpc) is 2.93. The molecule has 0 spiro atoms. The average molecular weight is 619 g/mol. The van der Waals surface area contributed by atoms with Gasteiger partial charge < -0.3 is 26.2 Å². The standard InChI is InChI=1S/C34H42N4O7/c1-33(2,3)18-10-8-16(9-11-18)15-36-21-14-22(37(4)5)19-12-17-13-20-26(38(6)7)29(41)25(32(35)44)31(43)34(20,45)30(42)23(17)28(40)24(19)27(21)39/h8-11,14,17,20,23,25-26,36,39,45H,12-13,15H2,1-7H3,(H2,35,44). The third-order valence-electron chi connectivity index (χ3n) is 9.82. The number of ketones is 4. The maximum Gasteiger partial charge on any atom is 0.235 e. The Bertz CT molecular complexity index is 1610. The minimum atomic E-state index is -2.76. The molecule has 240 valence electrons. The Morgan fingerprint density at radius 2 is 1.67 bits per heavy atom. The van der Waals surface area contributed by atoms with E-state index >= 15 is 0 Å². The van der Waals surface area contributed by atoms with E-state index in [9.17, 15) is 34.2 Å². The van der Waals surface area contributed by atoms with Crippen LogP contribution < -0.4 is 16.0 Å². The van der Waals surface area contributed by atoms with Crippen molar-refractivity contribution in [3.8, 4) is 5.75 Å². The fraction of sp³-hybridized carbons (Fsp3) is 0.500. The summed E-state index contributed by atoms with van der Waals surface area (Å²) in [6, 6.07) is 8.72. The van der Waals surface area contributed by atoms with Crippen LogP contribution in [-0.4, -0.2) is 84.0 Å². The highest BCUT2D eigenvalue weighted by molar-refractivity contribution is 6.32. The van der Waals surface area contributed by atoms with E-state index in [1.807, 2.05) is 31.1 Å². The van der Waals surface area contributed by atoms with Crippen molar-refractivity contribution < 1.29 is 34.2 Å². The van der Waals surface area contributed by atoms with Crippen molar-refractivity contribution in [2.75, 3.05) is 38.4 Å². The van der Waals surface area contributed by atoms with Gasteiger partial charge in [-0.2, -0.15) is 0 Å². The monoisotopic (exact) mass is 618 g/mol. The molecule has 3 aliphatic carbocycles. The summed E-state index contributed by atoms with van der Waals surface area (Å²) in [7, 11) is 6.75. The Hall–Kier alpha value is -4.09. The van der Waals surface area contributed by atoms with Gasteiger partial charge in [-0.25, -0.2) is 0 Å². The van der Waals surface area contributed by atoms with Gasteiger partial charge in [0.25, 0.3) is 0 Å². The summed E-state index contributed by atoms with van der Waals surface area (Å²) >= 11 is 0. The zero-order valence-corrected chi connectivity index (χ0v) is 26.8. The van der Waals surface area contributed by atoms with Gasteiger partial charge in [0.05, 0.1) is 23.2 Å². The van der Waals surface area contributed by atoms with Gasteiger partial charge in [-0.1, -0.05) is 45.0 Å². The van der Waals surface area contributed by atoms with Crippen LogP contribution in [0.4, 0.5) is 11.4 Å². The van der Waals surface area contributed by atoms with Crippen LogP contribution in [0.5, 0.6) is 5.75 Å². The van der Waals surface area contributed by atoms with Crippen molar-refractivity contribution in [2.45, 2.75) is 57.2 Å². The van der Waals surface area contributed by atoms with Crippen LogP contribution in [0.15, 0.2) is 30.3 Å². The van der Waals surface area contributed by atoms with Crippen molar-refractivity contribution in [2.24, 2.45) is 29.4 Å². The molecular weight excluding hydrogens is 576 g/mol. The number of carbonyl (C=O) groups is 5. The number of nitrogens with one attached hydrogen (secondary N) is 1. The molecule has 6 atom stereocenters. The summed E-state index contributed by atoms with van der Waals surface area (Å²) in [5.74, 6) is -10.7. The molecule has 0 heterocycles. The number of aromatic hydroxyl groups is 1. The van der Waals surface area contributed by atoms with Crippen molar-refractivity contribution in [3.63, 3.8) is 0 Å². The minimum Gasteiger partial charge on any atom is -0.505 e. The summed E-state index contributed by atoms with van der Waals surface area (Å²) in [4.78, 5) is 70.7. The second-order valence-electron chi connectivity index (χ2n) is 14.1. The van der Waals surface area contributed by atoms with Gasteiger partial charge in [0, 0.05) is 32.2 Å². The molecule has 0 bridgehead atoms. The molecule has 45 heavy (non-hydrogen) atoms. The number of phenolic OH excluding ortho intramolecular Hbond substituents is 1. The Labute approximate surface area is 262 Å². The van der Waals surface area contributed by atoms with Gasteiger partial charge in [-0.05, 0) is 61.0 Å². The number of fused-ring (bicyclic) bond motifs is 3. The number of nitrogens with two attached hydrogens (primary N) is 1.